The fourth-order valence-electron chi connectivity index (χ4n) is 4.13. The Hall–Kier alpha value is -3.06. The highest BCUT2D eigenvalue weighted by Crippen LogP contribution is 2.39. The van der Waals surface area contributed by atoms with E-state index in [0.29, 0.717) is 0 Å². The third kappa shape index (κ3) is 6.26. The summed E-state index contributed by atoms with van der Waals surface area (Å²) in [5, 5.41) is 2.54. The van der Waals surface area contributed by atoms with Gasteiger partial charge in [0.15, 0.2) is 0 Å². The molecule has 4 rings (SSSR count). The van der Waals surface area contributed by atoms with E-state index in [0.717, 1.165) is 13.1 Å². The van der Waals surface area contributed by atoms with Gasteiger partial charge in [0.2, 0.25) is 0 Å². The summed E-state index contributed by atoms with van der Waals surface area (Å²) in [6.45, 7) is 12.4. The van der Waals surface area contributed by atoms with Crippen molar-refractivity contribution in [2.45, 2.75) is 53.9 Å². The van der Waals surface area contributed by atoms with Crippen molar-refractivity contribution < 1.29 is 0 Å². The van der Waals surface area contributed by atoms with Gasteiger partial charge in [-0.15, -0.1) is 0 Å². The number of likely N-dealkylation sites (N-methyl/N-ethyl adjacent to an activating group) is 1. The van der Waals surface area contributed by atoms with Crippen molar-refractivity contribution >= 4 is 16.3 Å². The van der Waals surface area contributed by atoms with Gasteiger partial charge in [0.25, 0.3) is 0 Å². The minimum absolute atomic E-state index is 0. The molecule has 33 heavy (non-hydrogen) atoms. The molecule has 0 aliphatic heterocycles. The highest BCUT2D eigenvalue weighted by molar-refractivity contribution is 6.03. The van der Waals surface area contributed by atoms with Crippen LogP contribution in [0.4, 0.5) is 0 Å². The van der Waals surface area contributed by atoms with Crippen LogP contribution in [0.15, 0.2) is 97.2 Å². The van der Waals surface area contributed by atoms with E-state index in [9.17, 15) is 0 Å². The molecule has 3 aromatic carbocycles. The quantitative estimate of drug-likeness (QED) is 0.331. The Morgan fingerprint density at radius 2 is 1.45 bits per heavy atom. The number of nitrogens with zero attached hydrogens (tertiary/aromatic N) is 1. The van der Waals surface area contributed by atoms with Crippen LogP contribution in [0.1, 0.15) is 59.4 Å². The molecule has 1 fully saturated rings. The Labute approximate surface area is 202 Å². The largest absolute Gasteiger partial charge is 0.372 e. The second kappa shape index (κ2) is 13.5. The van der Waals surface area contributed by atoms with Gasteiger partial charge < -0.3 is 4.90 Å². The lowest BCUT2D eigenvalue weighted by atomic mass is 9.87. The number of hydrogen-bond acceptors (Lipinski definition) is 1. The molecule has 0 N–H and O–H groups in total. The van der Waals surface area contributed by atoms with Gasteiger partial charge in [-0.2, -0.15) is 0 Å². The first kappa shape index (κ1) is 26.2. The molecule has 1 nitrogen and oxygen atoms in total. The van der Waals surface area contributed by atoms with Crippen molar-refractivity contribution in [2.75, 3.05) is 13.1 Å². The van der Waals surface area contributed by atoms with E-state index in [1.165, 1.54) is 64.4 Å². The molecule has 0 radical (unpaired) electrons. The third-order valence-corrected chi connectivity index (χ3v) is 6.23. The smallest absolute Gasteiger partial charge is 0.0442 e. The maximum Gasteiger partial charge on any atom is 0.0442 e. The van der Waals surface area contributed by atoms with Gasteiger partial charge in [-0.3, -0.25) is 0 Å². The molecule has 0 aromatic heterocycles. The van der Waals surface area contributed by atoms with Crippen LogP contribution in [0, 0.1) is 0 Å². The van der Waals surface area contributed by atoms with Gasteiger partial charge in [0.05, 0.1) is 0 Å². The second-order valence-electron chi connectivity index (χ2n) is 8.15. The van der Waals surface area contributed by atoms with Crippen molar-refractivity contribution in [1.82, 2.24) is 4.90 Å². The molecule has 0 amide bonds. The lowest BCUT2D eigenvalue weighted by Gasteiger charge is -2.28. The minimum Gasteiger partial charge on any atom is -0.372 e. The lowest BCUT2D eigenvalue weighted by molar-refractivity contribution is 0.398. The minimum atomic E-state index is 0. The molecule has 0 atom stereocenters. The summed E-state index contributed by atoms with van der Waals surface area (Å²) in [6.07, 6.45) is 12.3. The Morgan fingerprint density at radius 1 is 0.848 bits per heavy atom. The Bertz CT molecular complexity index is 1060. The normalized spacial score (nSPS) is 13.3. The second-order valence-corrected chi connectivity index (χ2v) is 8.15. The standard InChI is InChI=1S/C27H29N.C4H8.CH4/c1-5-14-26(28(7-3)8-4)23(6-2)27-24-18-13-12-17-22(24)19-20-25(27)21-15-10-9-11-16-21;1-2-4-3-1;/h5-6,9-20H,1,7-8H2,2-4H3;1-4H2;1H4/b23-6+,26-14+;;. The maximum absolute atomic E-state index is 3.97. The third-order valence-electron chi connectivity index (χ3n) is 6.23. The van der Waals surface area contributed by atoms with Crippen molar-refractivity contribution in [3.63, 3.8) is 0 Å². The molecule has 0 spiro atoms. The molecule has 1 aliphatic rings. The molecular formula is C32H41N. The van der Waals surface area contributed by atoms with Crippen LogP contribution < -0.4 is 0 Å². The van der Waals surface area contributed by atoms with Crippen LogP contribution in [0.2, 0.25) is 0 Å². The van der Waals surface area contributed by atoms with E-state index in [1.807, 2.05) is 6.08 Å². The fourth-order valence-corrected chi connectivity index (χ4v) is 4.13. The maximum atomic E-state index is 3.97. The van der Waals surface area contributed by atoms with Crippen LogP contribution in [0.25, 0.3) is 27.5 Å². The zero-order valence-electron chi connectivity index (χ0n) is 20.0. The average molecular weight is 440 g/mol. The highest BCUT2D eigenvalue weighted by atomic mass is 15.1. The van der Waals surface area contributed by atoms with E-state index < -0.39 is 0 Å². The summed E-state index contributed by atoms with van der Waals surface area (Å²) >= 11 is 0. The number of hydrogen-bond donors (Lipinski definition) is 0. The Balaban J connectivity index is 0.000000696. The predicted octanol–water partition coefficient (Wildman–Crippen LogP) is 9.52. The SMILES string of the molecule is C.C1CCC1.C=C/C=C(\C(=C/C)c1c(-c2ccccc2)ccc2ccccc12)N(CC)CC. The molecule has 0 bridgehead atoms. The molecule has 0 heterocycles. The summed E-state index contributed by atoms with van der Waals surface area (Å²) in [6, 6.07) is 23.8. The molecule has 3 aromatic rings. The predicted molar refractivity (Wildman–Crippen MR) is 149 cm³/mol. The molecule has 0 saturated heterocycles. The zero-order valence-corrected chi connectivity index (χ0v) is 20.0. The Kier molecular flexibility index (Phi) is 10.7. The highest BCUT2D eigenvalue weighted by Gasteiger charge is 2.18. The fraction of sp³-hybridized carbons (Fsp3) is 0.312. The topological polar surface area (TPSA) is 3.24 Å². The van der Waals surface area contributed by atoms with Gasteiger partial charge in [-0.25, -0.2) is 0 Å². The summed E-state index contributed by atoms with van der Waals surface area (Å²) in [4.78, 5) is 2.40. The number of fused-ring (bicyclic) bond motifs is 1. The summed E-state index contributed by atoms with van der Waals surface area (Å²) in [5.41, 5.74) is 6.25. The van der Waals surface area contributed by atoms with Crippen molar-refractivity contribution in [3.8, 4) is 11.1 Å². The molecular weight excluding hydrogens is 398 g/mol. The first-order valence-electron chi connectivity index (χ1n) is 12.1. The van der Waals surface area contributed by atoms with E-state index in [4.69, 9.17) is 0 Å². The van der Waals surface area contributed by atoms with Gasteiger partial charge in [0.1, 0.15) is 0 Å². The van der Waals surface area contributed by atoms with Crippen LogP contribution in [0.5, 0.6) is 0 Å². The van der Waals surface area contributed by atoms with Gasteiger partial charge in [-0.1, -0.05) is 119 Å². The zero-order chi connectivity index (χ0) is 22.8. The number of benzene rings is 3. The molecule has 1 aliphatic carbocycles. The molecule has 1 saturated carbocycles. The van der Waals surface area contributed by atoms with Crippen LogP contribution in [-0.2, 0) is 0 Å². The summed E-state index contributed by atoms with van der Waals surface area (Å²) in [7, 11) is 0. The van der Waals surface area contributed by atoms with Crippen molar-refractivity contribution in [1.29, 1.82) is 0 Å². The lowest BCUT2D eigenvalue weighted by Crippen LogP contribution is -2.23. The average Bonchev–Trinajstić information content (AvgIpc) is 2.80. The molecule has 0 unspecified atom stereocenters. The molecule has 174 valence electrons. The van der Waals surface area contributed by atoms with Crippen LogP contribution >= 0.6 is 0 Å². The van der Waals surface area contributed by atoms with Gasteiger partial charge >= 0.3 is 0 Å². The summed E-state index contributed by atoms with van der Waals surface area (Å²) < 4.78 is 0. The number of allylic oxidation sites excluding steroid dienone is 4. The van der Waals surface area contributed by atoms with E-state index >= 15 is 0 Å². The first-order chi connectivity index (χ1) is 15.7. The monoisotopic (exact) mass is 439 g/mol. The van der Waals surface area contributed by atoms with Gasteiger partial charge in [-0.05, 0) is 54.3 Å². The number of rotatable bonds is 7. The Morgan fingerprint density at radius 3 is 2.00 bits per heavy atom. The van der Waals surface area contributed by atoms with Crippen molar-refractivity contribution in [2.24, 2.45) is 0 Å². The first-order valence-corrected chi connectivity index (χ1v) is 12.1. The van der Waals surface area contributed by atoms with Crippen molar-refractivity contribution in [3.05, 3.63) is 103 Å². The van der Waals surface area contributed by atoms with Gasteiger partial charge in [0, 0.05) is 24.4 Å². The van der Waals surface area contributed by atoms with Crippen LogP contribution in [-0.4, -0.2) is 18.0 Å². The molecule has 1 heteroatoms. The van der Waals surface area contributed by atoms with Crippen LogP contribution in [0.3, 0.4) is 0 Å². The van der Waals surface area contributed by atoms with E-state index in [2.05, 4.69) is 111 Å². The van der Waals surface area contributed by atoms with E-state index in [1.54, 1.807) is 0 Å². The summed E-state index contributed by atoms with van der Waals surface area (Å²) in [5.74, 6) is 0. The van der Waals surface area contributed by atoms with E-state index in [-0.39, 0.29) is 7.43 Å².